The summed E-state index contributed by atoms with van der Waals surface area (Å²) in [5.74, 6) is -0.684. The Balaban J connectivity index is 2.09. The largest absolute Gasteiger partial charge is 0.352 e. The van der Waals surface area contributed by atoms with Crippen LogP contribution >= 0.6 is 0 Å². The topological polar surface area (TPSA) is 84.2 Å². The number of nitrogens with two attached hydrogens (primary N) is 1. The molecule has 132 valence electrons. The third-order valence-electron chi connectivity index (χ3n) is 3.90. The summed E-state index contributed by atoms with van der Waals surface area (Å²) in [4.78, 5) is 23.6. The van der Waals surface area contributed by atoms with Crippen molar-refractivity contribution in [3.8, 4) is 0 Å². The number of urea groups is 1. The maximum absolute atomic E-state index is 13.8. The Morgan fingerprint density at radius 2 is 1.84 bits per heavy atom. The van der Waals surface area contributed by atoms with E-state index in [4.69, 9.17) is 5.73 Å². The minimum atomic E-state index is -0.707. The first-order chi connectivity index (χ1) is 11.9. The first kappa shape index (κ1) is 18.4. The Hall–Kier alpha value is -2.89. The smallest absolute Gasteiger partial charge is 0.312 e. The summed E-state index contributed by atoms with van der Waals surface area (Å²) in [7, 11) is 0. The zero-order valence-corrected chi connectivity index (χ0v) is 14.3. The number of primary amides is 1. The summed E-state index contributed by atoms with van der Waals surface area (Å²) in [5.41, 5.74) is 7.43. The van der Waals surface area contributed by atoms with Crippen LogP contribution in [0.4, 0.5) is 9.18 Å². The van der Waals surface area contributed by atoms with Crippen molar-refractivity contribution >= 4 is 11.9 Å². The van der Waals surface area contributed by atoms with E-state index in [1.54, 1.807) is 25.1 Å². The molecule has 0 saturated carbocycles. The number of carbonyl (C=O) groups excluding carboxylic acids is 2. The molecule has 0 fully saturated rings. The van der Waals surface area contributed by atoms with E-state index in [2.05, 4.69) is 10.6 Å². The summed E-state index contributed by atoms with van der Waals surface area (Å²) in [5, 5.41) is 5.34. The maximum Gasteiger partial charge on any atom is 0.312 e. The van der Waals surface area contributed by atoms with Crippen molar-refractivity contribution < 1.29 is 14.0 Å². The van der Waals surface area contributed by atoms with Crippen molar-refractivity contribution in [3.05, 3.63) is 71.0 Å². The zero-order chi connectivity index (χ0) is 18.4. The number of hydrogen-bond acceptors (Lipinski definition) is 2. The van der Waals surface area contributed by atoms with Crippen LogP contribution in [-0.2, 0) is 4.79 Å². The molecule has 0 heterocycles. The first-order valence-corrected chi connectivity index (χ1v) is 8.03. The lowest BCUT2D eigenvalue weighted by atomic mass is 10.0. The van der Waals surface area contributed by atoms with Gasteiger partial charge in [-0.3, -0.25) is 4.79 Å². The van der Waals surface area contributed by atoms with Gasteiger partial charge < -0.3 is 16.4 Å². The van der Waals surface area contributed by atoms with Crippen LogP contribution in [0, 0.1) is 12.7 Å². The van der Waals surface area contributed by atoms with Crippen LogP contribution in [0.5, 0.6) is 0 Å². The summed E-state index contributed by atoms with van der Waals surface area (Å²) < 4.78 is 13.8. The normalized spacial score (nSPS) is 12.9. The first-order valence-electron chi connectivity index (χ1n) is 8.03. The second-order valence-corrected chi connectivity index (χ2v) is 5.99. The highest BCUT2D eigenvalue weighted by Crippen LogP contribution is 2.20. The number of carbonyl (C=O) groups is 2. The molecule has 25 heavy (non-hydrogen) atoms. The molecule has 0 bridgehead atoms. The lowest BCUT2D eigenvalue weighted by Gasteiger charge is -2.20. The minimum absolute atomic E-state index is 0.00514. The summed E-state index contributed by atoms with van der Waals surface area (Å²) in [6.07, 6.45) is 0.00514. The molecular formula is C19H22FN3O2. The van der Waals surface area contributed by atoms with Crippen molar-refractivity contribution in [2.45, 2.75) is 32.4 Å². The molecule has 2 rings (SSSR count). The molecule has 0 spiro atoms. The maximum atomic E-state index is 13.8. The molecule has 0 aliphatic rings. The highest BCUT2D eigenvalue weighted by Gasteiger charge is 2.20. The van der Waals surface area contributed by atoms with E-state index in [0.29, 0.717) is 5.56 Å². The van der Waals surface area contributed by atoms with E-state index in [9.17, 15) is 14.0 Å². The number of aryl methyl sites for hydroxylation is 1. The fourth-order valence-electron chi connectivity index (χ4n) is 2.70. The Bertz CT molecular complexity index is 764. The second kappa shape index (κ2) is 8.28. The zero-order valence-electron chi connectivity index (χ0n) is 14.3. The average molecular weight is 343 g/mol. The average Bonchev–Trinajstić information content (AvgIpc) is 2.54. The van der Waals surface area contributed by atoms with Gasteiger partial charge in [0.2, 0.25) is 5.91 Å². The standard InChI is InChI=1S/C19H22FN3O2/c1-12-6-5-7-14(10-12)17(23-19(21)25)11-18(24)22-13(2)15-8-3-4-9-16(15)20/h3-10,13,17H,11H2,1-2H3,(H,22,24)(H3,21,23,25)/t13-,17+/m0/s1. The molecule has 0 unspecified atom stereocenters. The second-order valence-electron chi connectivity index (χ2n) is 5.99. The molecule has 2 aromatic carbocycles. The lowest BCUT2D eigenvalue weighted by molar-refractivity contribution is -0.122. The van der Waals surface area contributed by atoms with Gasteiger partial charge in [-0.25, -0.2) is 9.18 Å². The van der Waals surface area contributed by atoms with Crippen LogP contribution in [0.3, 0.4) is 0 Å². The van der Waals surface area contributed by atoms with Crippen molar-refractivity contribution in [3.63, 3.8) is 0 Å². The van der Waals surface area contributed by atoms with Gasteiger partial charge in [0, 0.05) is 5.56 Å². The minimum Gasteiger partial charge on any atom is -0.352 e. The Morgan fingerprint density at radius 1 is 1.12 bits per heavy atom. The van der Waals surface area contributed by atoms with Gasteiger partial charge in [-0.05, 0) is 25.5 Å². The van der Waals surface area contributed by atoms with E-state index in [-0.39, 0.29) is 18.1 Å². The Morgan fingerprint density at radius 3 is 2.48 bits per heavy atom. The quantitative estimate of drug-likeness (QED) is 0.753. The molecule has 4 N–H and O–H groups in total. The van der Waals surface area contributed by atoms with Gasteiger partial charge >= 0.3 is 6.03 Å². The van der Waals surface area contributed by atoms with E-state index in [1.165, 1.54) is 6.07 Å². The summed E-state index contributed by atoms with van der Waals surface area (Å²) in [6.45, 7) is 3.63. The van der Waals surface area contributed by atoms with Crippen LogP contribution in [0.2, 0.25) is 0 Å². The molecule has 0 aliphatic carbocycles. The van der Waals surface area contributed by atoms with Gasteiger partial charge in [-0.15, -0.1) is 0 Å². The van der Waals surface area contributed by atoms with Crippen molar-refractivity contribution in [2.75, 3.05) is 0 Å². The molecule has 2 aromatic rings. The van der Waals surface area contributed by atoms with Crippen molar-refractivity contribution in [2.24, 2.45) is 5.73 Å². The van der Waals surface area contributed by atoms with Crippen LogP contribution in [0.25, 0.3) is 0 Å². The van der Waals surface area contributed by atoms with Gasteiger partial charge in [-0.2, -0.15) is 0 Å². The molecule has 6 heteroatoms. The summed E-state index contributed by atoms with van der Waals surface area (Å²) >= 11 is 0. The van der Waals surface area contributed by atoms with Gasteiger partial charge in [0.1, 0.15) is 5.82 Å². The van der Waals surface area contributed by atoms with Crippen molar-refractivity contribution in [1.82, 2.24) is 10.6 Å². The van der Waals surface area contributed by atoms with E-state index in [0.717, 1.165) is 11.1 Å². The third-order valence-corrected chi connectivity index (χ3v) is 3.90. The van der Waals surface area contributed by atoms with Crippen LogP contribution in [-0.4, -0.2) is 11.9 Å². The predicted molar refractivity (Wildman–Crippen MR) is 94.2 cm³/mol. The highest BCUT2D eigenvalue weighted by atomic mass is 19.1. The van der Waals surface area contributed by atoms with Crippen LogP contribution in [0.15, 0.2) is 48.5 Å². The number of hydrogen-bond donors (Lipinski definition) is 3. The molecule has 0 saturated heterocycles. The SMILES string of the molecule is Cc1cccc([C@@H](CC(=O)N[C@@H](C)c2ccccc2F)NC(N)=O)c1. The highest BCUT2D eigenvalue weighted by molar-refractivity contribution is 5.79. The third kappa shape index (κ3) is 5.31. The number of halogens is 1. The molecule has 0 aromatic heterocycles. The number of benzene rings is 2. The van der Waals surface area contributed by atoms with Crippen molar-refractivity contribution in [1.29, 1.82) is 0 Å². The van der Waals surface area contributed by atoms with E-state index < -0.39 is 18.1 Å². The van der Waals surface area contributed by atoms with Crippen LogP contribution in [0.1, 0.15) is 42.1 Å². The lowest BCUT2D eigenvalue weighted by Crippen LogP contribution is -2.37. The number of nitrogens with one attached hydrogen (secondary N) is 2. The van der Waals surface area contributed by atoms with E-state index in [1.807, 2.05) is 31.2 Å². The van der Waals surface area contributed by atoms with Gasteiger partial charge in [0.05, 0.1) is 18.5 Å². The Labute approximate surface area is 146 Å². The van der Waals surface area contributed by atoms with Gasteiger partial charge in [0.15, 0.2) is 0 Å². The fourth-order valence-corrected chi connectivity index (χ4v) is 2.70. The molecule has 5 nitrogen and oxygen atoms in total. The molecular weight excluding hydrogens is 321 g/mol. The molecule has 0 aliphatic heterocycles. The number of rotatable bonds is 6. The van der Waals surface area contributed by atoms with Gasteiger partial charge in [0.25, 0.3) is 0 Å². The Kier molecular flexibility index (Phi) is 6.11. The summed E-state index contributed by atoms with van der Waals surface area (Å²) in [6, 6.07) is 12.0. The molecule has 0 radical (unpaired) electrons. The van der Waals surface area contributed by atoms with E-state index >= 15 is 0 Å². The molecule has 3 amide bonds. The van der Waals surface area contributed by atoms with Crippen LogP contribution < -0.4 is 16.4 Å². The predicted octanol–water partition coefficient (Wildman–Crippen LogP) is 3.11. The monoisotopic (exact) mass is 343 g/mol. The van der Waals surface area contributed by atoms with Gasteiger partial charge in [-0.1, -0.05) is 48.0 Å². The molecule has 2 atom stereocenters. The number of amides is 3. The fraction of sp³-hybridized carbons (Fsp3) is 0.263.